The van der Waals surface area contributed by atoms with E-state index in [1.54, 1.807) is 31.2 Å². The molecule has 0 aliphatic heterocycles. The van der Waals surface area contributed by atoms with Gasteiger partial charge in [0.2, 0.25) is 5.71 Å². The van der Waals surface area contributed by atoms with Crippen molar-refractivity contribution in [2.45, 2.75) is 6.92 Å². The van der Waals surface area contributed by atoms with Gasteiger partial charge in [-0.25, -0.2) is 0 Å². The Balaban J connectivity index is 2.84. The van der Waals surface area contributed by atoms with E-state index in [0.717, 1.165) is 5.56 Å². The first-order valence-corrected chi connectivity index (χ1v) is 4.11. The van der Waals surface area contributed by atoms with Crippen LogP contribution < -0.4 is 5.43 Å². The molecular weight excluding hydrogens is 192 g/mol. The summed E-state index contributed by atoms with van der Waals surface area (Å²) in [5.74, 6) is 0.130. The molecule has 0 amide bonds. The predicted molar refractivity (Wildman–Crippen MR) is 55.1 cm³/mol. The molecule has 0 heterocycles. The van der Waals surface area contributed by atoms with Gasteiger partial charge in [-0.05, 0) is 18.6 Å². The van der Waals surface area contributed by atoms with E-state index < -0.39 is 0 Å². The molecule has 0 saturated carbocycles. The van der Waals surface area contributed by atoms with Crippen LogP contribution in [0.2, 0.25) is 0 Å². The van der Waals surface area contributed by atoms with Gasteiger partial charge in [0.15, 0.2) is 0 Å². The second kappa shape index (κ2) is 4.64. The molecule has 74 valence electrons. The third-order valence-electron chi connectivity index (χ3n) is 1.72. The molecule has 0 unspecified atom stereocenters. The lowest BCUT2D eigenvalue weighted by atomic mass is 10.2. The molecule has 15 heavy (non-hydrogen) atoms. The molecule has 0 radical (unpaired) electrons. The highest BCUT2D eigenvalue weighted by Gasteiger charge is 1.98. The van der Waals surface area contributed by atoms with E-state index in [1.165, 1.54) is 6.07 Å². The van der Waals surface area contributed by atoms with Crippen molar-refractivity contribution in [3.63, 3.8) is 0 Å². The Morgan fingerprint density at radius 1 is 1.40 bits per heavy atom. The Bertz CT molecular complexity index is 463. The normalized spacial score (nSPS) is 8.47. The van der Waals surface area contributed by atoms with Gasteiger partial charge in [-0.3, -0.25) is 5.43 Å². The lowest BCUT2D eigenvalue weighted by molar-refractivity contribution is 0.471. The smallest absolute Gasteiger partial charge is 0.237 e. The Kier molecular flexibility index (Phi) is 3.26. The number of benzene rings is 1. The van der Waals surface area contributed by atoms with Crippen molar-refractivity contribution in [1.82, 2.24) is 0 Å². The highest BCUT2D eigenvalue weighted by atomic mass is 16.3. The topological polar surface area (TPSA) is 92.2 Å². The van der Waals surface area contributed by atoms with Gasteiger partial charge in [0.1, 0.15) is 17.9 Å². The summed E-state index contributed by atoms with van der Waals surface area (Å²) in [5.41, 5.74) is 3.49. The summed E-state index contributed by atoms with van der Waals surface area (Å²) in [6, 6.07) is 8.07. The summed E-state index contributed by atoms with van der Waals surface area (Å²) in [6.45, 7) is 1.76. The van der Waals surface area contributed by atoms with Gasteiger partial charge in [0.25, 0.3) is 0 Å². The number of hydrazone groups is 1. The maximum absolute atomic E-state index is 9.36. The number of hydrogen-bond acceptors (Lipinski definition) is 5. The second-order valence-corrected chi connectivity index (χ2v) is 2.80. The van der Waals surface area contributed by atoms with E-state index >= 15 is 0 Å². The summed E-state index contributed by atoms with van der Waals surface area (Å²) in [6.07, 6.45) is 0. The van der Waals surface area contributed by atoms with Crippen molar-refractivity contribution in [3.8, 4) is 17.9 Å². The molecule has 1 rings (SSSR count). The Morgan fingerprint density at radius 2 is 2.07 bits per heavy atom. The first kappa shape index (κ1) is 10.6. The molecule has 5 heteroatoms. The minimum atomic E-state index is -0.268. The fraction of sp³-hybridized carbons (Fsp3) is 0.100. The van der Waals surface area contributed by atoms with E-state index in [9.17, 15) is 5.11 Å². The second-order valence-electron chi connectivity index (χ2n) is 2.80. The molecule has 1 aromatic rings. The molecule has 0 aliphatic carbocycles. The average molecular weight is 200 g/mol. The van der Waals surface area contributed by atoms with Gasteiger partial charge in [0.05, 0.1) is 5.69 Å². The van der Waals surface area contributed by atoms with Crippen molar-refractivity contribution in [2.24, 2.45) is 5.10 Å². The minimum Gasteiger partial charge on any atom is -0.508 e. The van der Waals surface area contributed by atoms with Crippen LogP contribution in [0.3, 0.4) is 0 Å². The van der Waals surface area contributed by atoms with Crippen LogP contribution in [0.4, 0.5) is 5.69 Å². The van der Waals surface area contributed by atoms with Crippen molar-refractivity contribution in [3.05, 3.63) is 23.8 Å². The van der Waals surface area contributed by atoms with Crippen LogP contribution in [-0.2, 0) is 0 Å². The first-order chi connectivity index (χ1) is 7.17. The molecule has 0 saturated heterocycles. The van der Waals surface area contributed by atoms with Crippen LogP contribution in [0.5, 0.6) is 5.75 Å². The largest absolute Gasteiger partial charge is 0.508 e. The Hall–Kier alpha value is -2.53. The van der Waals surface area contributed by atoms with Gasteiger partial charge in [-0.2, -0.15) is 15.6 Å². The number of phenolic OH excluding ortho intramolecular Hbond substituents is 1. The molecule has 0 atom stereocenters. The molecular formula is C10H8N4O. The third kappa shape index (κ3) is 2.71. The Labute approximate surface area is 86.9 Å². The SMILES string of the molecule is Cc1ccc(NN=C(C#N)C#N)cc1O. The van der Waals surface area contributed by atoms with Crippen LogP contribution in [0.15, 0.2) is 23.3 Å². The summed E-state index contributed by atoms with van der Waals surface area (Å²) < 4.78 is 0. The molecule has 0 fully saturated rings. The van der Waals surface area contributed by atoms with E-state index in [0.29, 0.717) is 5.69 Å². The molecule has 0 bridgehead atoms. The highest BCUT2D eigenvalue weighted by molar-refractivity contribution is 6.10. The third-order valence-corrected chi connectivity index (χ3v) is 1.72. The number of anilines is 1. The zero-order valence-corrected chi connectivity index (χ0v) is 8.02. The fourth-order valence-corrected chi connectivity index (χ4v) is 0.874. The maximum atomic E-state index is 9.36. The lowest BCUT2D eigenvalue weighted by Gasteiger charge is -2.02. The zero-order chi connectivity index (χ0) is 11.3. The summed E-state index contributed by atoms with van der Waals surface area (Å²) in [7, 11) is 0. The van der Waals surface area contributed by atoms with Crippen molar-refractivity contribution < 1.29 is 5.11 Å². The highest BCUT2D eigenvalue weighted by Crippen LogP contribution is 2.20. The number of aryl methyl sites for hydroxylation is 1. The summed E-state index contributed by atoms with van der Waals surface area (Å²) >= 11 is 0. The monoisotopic (exact) mass is 200 g/mol. The van der Waals surface area contributed by atoms with E-state index in [4.69, 9.17) is 10.5 Å². The standard InChI is InChI=1S/C10H8N4O/c1-7-2-3-8(4-10(7)15)13-14-9(5-11)6-12/h2-4,13,15H,1H3. The molecule has 0 spiro atoms. The number of hydrogen-bond donors (Lipinski definition) is 2. The number of nitrogens with zero attached hydrogens (tertiary/aromatic N) is 3. The van der Waals surface area contributed by atoms with Crippen molar-refractivity contribution in [2.75, 3.05) is 5.43 Å². The molecule has 1 aromatic carbocycles. The summed E-state index contributed by atoms with van der Waals surface area (Å²) in [5, 5.41) is 29.7. The van der Waals surface area contributed by atoms with Crippen LogP contribution in [0.1, 0.15) is 5.56 Å². The maximum Gasteiger partial charge on any atom is 0.237 e. The zero-order valence-electron chi connectivity index (χ0n) is 8.02. The fourth-order valence-electron chi connectivity index (χ4n) is 0.874. The predicted octanol–water partition coefficient (Wildman–Crippen LogP) is 1.52. The molecule has 0 aromatic heterocycles. The number of nitriles is 2. The number of phenols is 1. The van der Waals surface area contributed by atoms with Crippen LogP contribution in [-0.4, -0.2) is 10.8 Å². The number of rotatable bonds is 2. The van der Waals surface area contributed by atoms with Gasteiger partial charge < -0.3 is 5.11 Å². The van der Waals surface area contributed by atoms with Crippen LogP contribution in [0.25, 0.3) is 0 Å². The van der Waals surface area contributed by atoms with Crippen LogP contribution in [0, 0.1) is 29.6 Å². The number of aromatic hydroxyl groups is 1. The molecule has 2 N–H and O–H groups in total. The number of nitrogens with one attached hydrogen (secondary N) is 1. The minimum absolute atomic E-state index is 0.130. The molecule has 0 aliphatic rings. The molecule has 5 nitrogen and oxygen atoms in total. The van der Waals surface area contributed by atoms with Crippen molar-refractivity contribution >= 4 is 11.4 Å². The van der Waals surface area contributed by atoms with Gasteiger partial charge in [-0.15, -0.1) is 0 Å². The first-order valence-electron chi connectivity index (χ1n) is 4.11. The quantitative estimate of drug-likeness (QED) is 0.559. The lowest BCUT2D eigenvalue weighted by Crippen LogP contribution is -1.96. The van der Waals surface area contributed by atoms with Crippen LogP contribution >= 0.6 is 0 Å². The van der Waals surface area contributed by atoms with Gasteiger partial charge >= 0.3 is 0 Å². The van der Waals surface area contributed by atoms with Gasteiger partial charge in [0, 0.05) is 6.07 Å². The van der Waals surface area contributed by atoms with E-state index in [1.807, 2.05) is 0 Å². The average Bonchev–Trinajstić information content (AvgIpc) is 2.24. The van der Waals surface area contributed by atoms with E-state index in [-0.39, 0.29) is 11.5 Å². The Morgan fingerprint density at radius 3 is 2.60 bits per heavy atom. The van der Waals surface area contributed by atoms with Gasteiger partial charge in [-0.1, -0.05) is 6.07 Å². The van der Waals surface area contributed by atoms with E-state index in [2.05, 4.69) is 10.5 Å². The van der Waals surface area contributed by atoms with Crippen molar-refractivity contribution in [1.29, 1.82) is 10.5 Å². The summed E-state index contributed by atoms with van der Waals surface area (Å²) in [4.78, 5) is 0.